The van der Waals surface area contributed by atoms with Gasteiger partial charge < -0.3 is 9.47 Å². The molecule has 0 unspecified atom stereocenters. The minimum absolute atomic E-state index is 0.229. The van der Waals surface area contributed by atoms with E-state index in [-0.39, 0.29) is 5.97 Å². The molecule has 2 aromatic carbocycles. The van der Waals surface area contributed by atoms with Gasteiger partial charge in [-0.15, -0.1) is 0 Å². The number of carbonyl (C=O) groups is 1. The molecule has 0 N–H and O–H groups in total. The minimum Gasteiger partial charge on any atom is -0.493 e. The lowest BCUT2D eigenvalue weighted by Crippen LogP contribution is -2.10. The van der Waals surface area contributed by atoms with E-state index in [1.807, 2.05) is 38.1 Å². The lowest BCUT2D eigenvalue weighted by molar-refractivity contribution is -0.134. The third kappa shape index (κ3) is 4.92. The highest BCUT2D eigenvalue weighted by Crippen LogP contribution is 2.19. The number of benzene rings is 2. The summed E-state index contributed by atoms with van der Waals surface area (Å²) >= 11 is 0. The first-order valence-corrected chi connectivity index (χ1v) is 7.52. The zero-order valence-corrected chi connectivity index (χ0v) is 13.4. The Bertz CT molecular complexity index is 630. The number of carbonyl (C=O) groups excluding carboxylic acids is 1. The monoisotopic (exact) mass is 298 g/mol. The Kier molecular flexibility index (Phi) is 5.59. The highest BCUT2D eigenvalue weighted by Gasteiger charge is 2.05. The summed E-state index contributed by atoms with van der Waals surface area (Å²) in [5, 5.41) is 0. The molecule has 116 valence electrons. The van der Waals surface area contributed by atoms with E-state index in [1.54, 1.807) is 12.1 Å². The van der Waals surface area contributed by atoms with Crippen LogP contribution in [0.2, 0.25) is 0 Å². The molecular formula is C19H22O3. The van der Waals surface area contributed by atoms with Gasteiger partial charge in [-0.1, -0.05) is 35.4 Å². The van der Waals surface area contributed by atoms with Gasteiger partial charge in [0.25, 0.3) is 0 Å². The summed E-state index contributed by atoms with van der Waals surface area (Å²) in [5.74, 6) is 1.23. The molecule has 0 amide bonds. The van der Waals surface area contributed by atoms with E-state index in [4.69, 9.17) is 9.47 Å². The Hall–Kier alpha value is -2.29. The molecule has 3 nitrogen and oxygen atoms in total. The van der Waals surface area contributed by atoms with Crippen LogP contribution in [0.25, 0.3) is 0 Å². The van der Waals surface area contributed by atoms with Crippen molar-refractivity contribution in [3.05, 3.63) is 59.2 Å². The van der Waals surface area contributed by atoms with E-state index >= 15 is 0 Å². The molecular weight excluding hydrogens is 276 g/mol. The van der Waals surface area contributed by atoms with Crippen molar-refractivity contribution >= 4 is 5.97 Å². The fraction of sp³-hybridized carbons (Fsp3) is 0.316. The summed E-state index contributed by atoms with van der Waals surface area (Å²) in [7, 11) is 0. The third-order valence-electron chi connectivity index (χ3n) is 3.37. The summed E-state index contributed by atoms with van der Waals surface area (Å²) in [6.45, 7) is 6.58. The maximum Gasteiger partial charge on any atom is 0.311 e. The maximum absolute atomic E-state index is 11.7. The predicted molar refractivity (Wildman–Crippen MR) is 87.5 cm³/mol. The maximum atomic E-state index is 11.7. The Morgan fingerprint density at radius 1 is 0.955 bits per heavy atom. The highest BCUT2D eigenvalue weighted by atomic mass is 16.5. The normalized spacial score (nSPS) is 10.3. The summed E-state index contributed by atoms with van der Waals surface area (Å²) in [5.41, 5.74) is 3.47. The second-order valence-corrected chi connectivity index (χ2v) is 5.51. The molecule has 3 heteroatoms. The van der Waals surface area contributed by atoms with Gasteiger partial charge in [0, 0.05) is 6.42 Å². The number of esters is 1. The number of ether oxygens (including phenoxy) is 2. The van der Waals surface area contributed by atoms with Crippen LogP contribution in [0.4, 0.5) is 0 Å². The van der Waals surface area contributed by atoms with E-state index in [2.05, 4.69) is 13.0 Å². The first-order chi connectivity index (χ1) is 10.5. The molecule has 2 aromatic rings. The standard InChI is InChI=1S/C19H22O3/c1-14-6-9-17(10-7-14)22-19(20)5-4-12-21-18-11-8-15(2)13-16(18)3/h6-11,13H,4-5,12H2,1-3H3. The second-order valence-electron chi connectivity index (χ2n) is 5.51. The highest BCUT2D eigenvalue weighted by molar-refractivity contribution is 5.72. The molecule has 0 bridgehead atoms. The lowest BCUT2D eigenvalue weighted by Gasteiger charge is -2.09. The number of hydrogen-bond acceptors (Lipinski definition) is 3. The third-order valence-corrected chi connectivity index (χ3v) is 3.37. The van der Waals surface area contributed by atoms with Crippen molar-refractivity contribution in [1.29, 1.82) is 0 Å². The number of aryl methyl sites for hydroxylation is 3. The average molecular weight is 298 g/mol. The smallest absolute Gasteiger partial charge is 0.311 e. The summed E-state index contributed by atoms with van der Waals surface area (Å²) < 4.78 is 11.0. The molecule has 0 aliphatic carbocycles. The molecule has 22 heavy (non-hydrogen) atoms. The van der Waals surface area contributed by atoms with Gasteiger partial charge >= 0.3 is 5.97 Å². The molecule has 0 heterocycles. The van der Waals surface area contributed by atoms with Crippen LogP contribution in [-0.4, -0.2) is 12.6 Å². The van der Waals surface area contributed by atoms with Gasteiger partial charge in [-0.2, -0.15) is 0 Å². The fourth-order valence-electron chi connectivity index (χ4n) is 2.15. The zero-order valence-electron chi connectivity index (χ0n) is 13.4. The van der Waals surface area contributed by atoms with E-state index in [0.29, 0.717) is 25.2 Å². The molecule has 0 radical (unpaired) electrons. The predicted octanol–water partition coefficient (Wildman–Crippen LogP) is 4.38. The SMILES string of the molecule is Cc1ccc(OC(=O)CCCOc2ccc(C)cc2C)cc1. The van der Waals surface area contributed by atoms with Crippen molar-refractivity contribution in [2.45, 2.75) is 33.6 Å². The molecule has 0 aliphatic heterocycles. The van der Waals surface area contributed by atoms with Gasteiger partial charge in [0.15, 0.2) is 0 Å². The van der Waals surface area contributed by atoms with Crippen LogP contribution in [0.3, 0.4) is 0 Å². The first kappa shape index (κ1) is 16.1. The van der Waals surface area contributed by atoms with Crippen molar-refractivity contribution in [1.82, 2.24) is 0 Å². The Morgan fingerprint density at radius 2 is 1.64 bits per heavy atom. The van der Waals surface area contributed by atoms with Crippen molar-refractivity contribution in [2.75, 3.05) is 6.61 Å². The van der Waals surface area contributed by atoms with Crippen LogP contribution in [0.15, 0.2) is 42.5 Å². The summed E-state index contributed by atoms with van der Waals surface area (Å²) in [6, 6.07) is 13.5. The summed E-state index contributed by atoms with van der Waals surface area (Å²) in [4.78, 5) is 11.7. The molecule has 0 aromatic heterocycles. The van der Waals surface area contributed by atoms with Gasteiger partial charge in [-0.3, -0.25) is 4.79 Å². The van der Waals surface area contributed by atoms with E-state index in [1.165, 1.54) is 5.56 Å². The van der Waals surface area contributed by atoms with Gasteiger partial charge in [0.1, 0.15) is 11.5 Å². The summed E-state index contributed by atoms with van der Waals surface area (Å²) in [6.07, 6.45) is 0.983. The van der Waals surface area contributed by atoms with Crippen LogP contribution < -0.4 is 9.47 Å². The van der Waals surface area contributed by atoms with Crippen LogP contribution in [0.1, 0.15) is 29.5 Å². The number of hydrogen-bond donors (Lipinski definition) is 0. The Labute approximate surface area is 131 Å². The van der Waals surface area contributed by atoms with Crippen molar-refractivity contribution in [3.8, 4) is 11.5 Å². The van der Waals surface area contributed by atoms with Crippen LogP contribution in [0.5, 0.6) is 11.5 Å². The van der Waals surface area contributed by atoms with Gasteiger partial charge in [0.05, 0.1) is 6.61 Å². The van der Waals surface area contributed by atoms with Crippen molar-refractivity contribution in [2.24, 2.45) is 0 Å². The van der Waals surface area contributed by atoms with E-state index in [9.17, 15) is 4.79 Å². The molecule has 0 atom stereocenters. The first-order valence-electron chi connectivity index (χ1n) is 7.52. The quantitative estimate of drug-likeness (QED) is 0.451. The average Bonchev–Trinajstić information content (AvgIpc) is 2.48. The Balaban J connectivity index is 1.72. The molecule has 2 rings (SSSR count). The van der Waals surface area contributed by atoms with Crippen LogP contribution >= 0.6 is 0 Å². The zero-order chi connectivity index (χ0) is 15.9. The number of rotatable bonds is 6. The largest absolute Gasteiger partial charge is 0.493 e. The van der Waals surface area contributed by atoms with Crippen LogP contribution in [0, 0.1) is 20.8 Å². The van der Waals surface area contributed by atoms with Gasteiger partial charge in [-0.05, 0) is 51.0 Å². The molecule has 0 aliphatic rings. The topological polar surface area (TPSA) is 35.5 Å². The van der Waals surface area contributed by atoms with Gasteiger partial charge in [-0.25, -0.2) is 0 Å². The van der Waals surface area contributed by atoms with Gasteiger partial charge in [0.2, 0.25) is 0 Å². The van der Waals surface area contributed by atoms with Crippen molar-refractivity contribution in [3.63, 3.8) is 0 Å². The fourth-order valence-corrected chi connectivity index (χ4v) is 2.15. The molecule has 0 saturated carbocycles. The molecule has 0 saturated heterocycles. The second kappa shape index (κ2) is 7.64. The minimum atomic E-state index is -0.229. The molecule has 0 fully saturated rings. The Morgan fingerprint density at radius 3 is 2.32 bits per heavy atom. The van der Waals surface area contributed by atoms with E-state index in [0.717, 1.165) is 16.9 Å². The lowest BCUT2D eigenvalue weighted by atomic mass is 10.1. The van der Waals surface area contributed by atoms with Crippen molar-refractivity contribution < 1.29 is 14.3 Å². The van der Waals surface area contributed by atoms with E-state index < -0.39 is 0 Å². The molecule has 0 spiro atoms. The van der Waals surface area contributed by atoms with Crippen LogP contribution in [-0.2, 0) is 4.79 Å².